The van der Waals surface area contributed by atoms with E-state index in [2.05, 4.69) is 15.2 Å². The van der Waals surface area contributed by atoms with E-state index in [1.165, 1.54) is 18.3 Å². The van der Waals surface area contributed by atoms with Gasteiger partial charge in [0.2, 0.25) is 5.91 Å². The smallest absolute Gasteiger partial charge is 0.230 e. The number of methoxy groups -OCH3 is 1. The minimum atomic E-state index is -0.120. The van der Waals surface area contributed by atoms with Crippen molar-refractivity contribution in [2.75, 3.05) is 18.6 Å². The fourth-order valence-electron chi connectivity index (χ4n) is 2.35. The number of aromatic nitrogens is 4. The summed E-state index contributed by atoms with van der Waals surface area (Å²) in [6.07, 6.45) is 1.68. The molecule has 1 aromatic carbocycles. The van der Waals surface area contributed by atoms with Gasteiger partial charge >= 0.3 is 0 Å². The molecule has 0 bridgehead atoms. The standard InChI is InChI=1S/C17H18ClN5O2S2/c1-12(24)23(15-5-3-4-13(18)8-15)16-20-14(9-26-16)10-27-17-21-19-11-22(17)6-7-25-2/h3-5,8-9,11H,6-7,10H2,1-2H3. The molecule has 0 N–H and O–H groups in total. The van der Waals surface area contributed by atoms with E-state index in [-0.39, 0.29) is 5.91 Å². The molecule has 142 valence electrons. The first-order valence-corrected chi connectivity index (χ1v) is 10.3. The highest BCUT2D eigenvalue weighted by atomic mass is 35.5. The monoisotopic (exact) mass is 423 g/mol. The van der Waals surface area contributed by atoms with Crippen LogP contribution in [-0.2, 0) is 21.8 Å². The van der Waals surface area contributed by atoms with Crippen LogP contribution in [-0.4, -0.2) is 39.4 Å². The molecule has 0 unspecified atom stereocenters. The van der Waals surface area contributed by atoms with Crippen LogP contribution in [0.5, 0.6) is 0 Å². The van der Waals surface area contributed by atoms with Crippen molar-refractivity contribution in [2.24, 2.45) is 0 Å². The van der Waals surface area contributed by atoms with Crippen LogP contribution < -0.4 is 4.90 Å². The molecule has 27 heavy (non-hydrogen) atoms. The largest absolute Gasteiger partial charge is 0.383 e. The molecular formula is C17H18ClN5O2S2. The third-order valence-electron chi connectivity index (χ3n) is 3.58. The number of ether oxygens (including phenoxy) is 1. The highest BCUT2D eigenvalue weighted by molar-refractivity contribution is 7.98. The Hall–Kier alpha value is -1.94. The van der Waals surface area contributed by atoms with Gasteiger partial charge < -0.3 is 9.30 Å². The van der Waals surface area contributed by atoms with Crippen LogP contribution in [0.15, 0.2) is 41.1 Å². The van der Waals surface area contributed by atoms with Gasteiger partial charge in [-0.2, -0.15) is 0 Å². The predicted octanol–water partition coefficient (Wildman–Crippen LogP) is 4.01. The molecular weight excluding hydrogens is 406 g/mol. The fraction of sp³-hybridized carbons (Fsp3) is 0.294. The Kier molecular flexibility index (Phi) is 6.84. The van der Waals surface area contributed by atoms with Crippen LogP contribution in [0, 0.1) is 0 Å². The van der Waals surface area contributed by atoms with Gasteiger partial charge in [0, 0.05) is 36.7 Å². The number of thiazole rings is 1. The predicted molar refractivity (Wildman–Crippen MR) is 108 cm³/mol. The van der Waals surface area contributed by atoms with Crippen LogP contribution in [0.2, 0.25) is 5.02 Å². The molecule has 2 aromatic heterocycles. The summed E-state index contributed by atoms with van der Waals surface area (Å²) in [6, 6.07) is 7.16. The van der Waals surface area contributed by atoms with Crippen molar-refractivity contribution in [3.05, 3.63) is 46.7 Å². The van der Waals surface area contributed by atoms with Crippen LogP contribution in [0.1, 0.15) is 12.6 Å². The van der Waals surface area contributed by atoms with Gasteiger partial charge in [0.25, 0.3) is 0 Å². The van der Waals surface area contributed by atoms with Crippen molar-refractivity contribution in [2.45, 2.75) is 24.4 Å². The third-order valence-corrected chi connectivity index (χ3v) is 5.70. The van der Waals surface area contributed by atoms with E-state index >= 15 is 0 Å². The lowest BCUT2D eigenvalue weighted by molar-refractivity contribution is -0.115. The van der Waals surface area contributed by atoms with Crippen LogP contribution in [0.3, 0.4) is 0 Å². The van der Waals surface area contributed by atoms with Gasteiger partial charge in [-0.1, -0.05) is 29.4 Å². The summed E-state index contributed by atoms with van der Waals surface area (Å²) in [7, 11) is 1.66. The average Bonchev–Trinajstić information content (AvgIpc) is 3.27. The molecule has 3 aromatic rings. The Morgan fingerprint density at radius 2 is 2.30 bits per heavy atom. The van der Waals surface area contributed by atoms with Crippen molar-refractivity contribution in [3.63, 3.8) is 0 Å². The van der Waals surface area contributed by atoms with Crippen molar-refractivity contribution in [3.8, 4) is 0 Å². The molecule has 1 amide bonds. The first kappa shape index (κ1) is 19.8. The van der Waals surface area contributed by atoms with E-state index < -0.39 is 0 Å². The Morgan fingerprint density at radius 1 is 1.44 bits per heavy atom. The Bertz CT molecular complexity index is 914. The molecule has 3 rings (SSSR count). The highest BCUT2D eigenvalue weighted by Gasteiger charge is 2.18. The molecule has 7 nitrogen and oxygen atoms in total. The number of thioether (sulfide) groups is 1. The normalized spacial score (nSPS) is 10.9. The molecule has 0 radical (unpaired) electrons. The van der Waals surface area contributed by atoms with Crippen molar-refractivity contribution >= 4 is 51.4 Å². The van der Waals surface area contributed by atoms with Crippen molar-refractivity contribution < 1.29 is 9.53 Å². The maximum Gasteiger partial charge on any atom is 0.230 e. The van der Waals surface area contributed by atoms with Crippen LogP contribution in [0.4, 0.5) is 10.8 Å². The van der Waals surface area contributed by atoms with Gasteiger partial charge in [-0.3, -0.25) is 9.69 Å². The van der Waals surface area contributed by atoms with E-state index in [0.29, 0.717) is 34.7 Å². The topological polar surface area (TPSA) is 73.1 Å². The number of anilines is 2. The minimum Gasteiger partial charge on any atom is -0.383 e. The van der Waals surface area contributed by atoms with E-state index in [1.54, 1.807) is 42.2 Å². The second kappa shape index (κ2) is 9.32. The second-order valence-corrected chi connectivity index (χ2v) is 7.76. The van der Waals surface area contributed by atoms with Gasteiger partial charge in [-0.05, 0) is 18.2 Å². The van der Waals surface area contributed by atoms with Gasteiger partial charge in [0.05, 0.1) is 18.0 Å². The summed E-state index contributed by atoms with van der Waals surface area (Å²) in [4.78, 5) is 18.3. The number of carbonyl (C=O) groups excluding carboxylic acids is 1. The van der Waals surface area contributed by atoms with Crippen LogP contribution in [0.25, 0.3) is 0 Å². The minimum absolute atomic E-state index is 0.120. The number of halogens is 1. The number of benzene rings is 1. The molecule has 2 heterocycles. The number of hydrogen-bond acceptors (Lipinski definition) is 7. The molecule has 0 spiro atoms. The maximum absolute atomic E-state index is 12.2. The quantitative estimate of drug-likeness (QED) is 0.509. The molecule has 0 aliphatic heterocycles. The summed E-state index contributed by atoms with van der Waals surface area (Å²) in [6.45, 7) is 2.80. The lowest BCUT2D eigenvalue weighted by Crippen LogP contribution is -2.22. The number of carbonyl (C=O) groups is 1. The first-order valence-electron chi connectivity index (χ1n) is 8.08. The number of nitrogens with zero attached hydrogens (tertiary/aromatic N) is 5. The molecule has 0 saturated heterocycles. The molecule has 10 heteroatoms. The van der Waals surface area contributed by atoms with Gasteiger partial charge in [0.1, 0.15) is 6.33 Å². The summed E-state index contributed by atoms with van der Waals surface area (Å²) < 4.78 is 7.03. The number of rotatable bonds is 8. The Labute approximate surface area is 170 Å². The number of amides is 1. The Balaban J connectivity index is 1.72. The summed E-state index contributed by atoms with van der Waals surface area (Å²) in [5.74, 6) is 0.508. The molecule has 0 aliphatic rings. The van der Waals surface area contributed by atoms with Crippen molar-refractivity contribution in [1.82, 2.24) is 19.7 Å². The van der Waals surface area contributed by atoms with Crippen LogP contribution >= 0.6 is 34.7 Å². The van der Waals surface area contributed by atoms with E-state index in [0.717, 1.165) is 10.9 Å². The van der Waals surface area contributed by atoms with Gasteiger partial charge in [-0.25, -0.2) is 4.98 Å². The summed E-state index contributed by atoms with van der Waals surface area (Å²) >= 11 is 9.02. The zero-order valence-corrected chi connectivity index (χ0v) is 17.2. The molecule has 0 fully saturated rings. The second-order valence-electron chi connectivity index (χ2n) is 5.54. The summed E-state index contributed by atoms with van der Waals surface area (Å²) in [5.41, 5.74) is 1.57. The molecule has 0 aliphatic carbocycles. The van der Waals surface area contributed by atoms with E-state index in [9.17, 15) is 4.79 Å². The average molecular weight is 424 g/mol. The lowest BCUT2D eigenvalue weighted by Gasteiger charge is -2.18. The molecule has 0 atom stereocenters. The third kappa shape index (κ3) is 5.07. The Morgan fingerprint density at radius 3 is 3.04 bits per heavy atom. The SMILES string of the molecule is COCCn1cnnc1SCc1csc(N(C(C)=O)c2cccc(Cl)c2)n1. The van der Waals surface area contributed by atoms with E-state index in [4.69, 9.17) is 16.3 Å². The van der Waals surface area contributed by atoms with E-state index in [1.807, 2.05) is 22.1 Å². The highest BCUT2D eigenvalue weighted by Crippen LogP contribution is 2.32. The first-order chi connectivity index (χ1) is 13.1. The number of hydrogen-bond donors (Lipinski definition) is 0. The van der Waals surface area contributed by atoms with Crippen molar-refractivity contribution in [1.29, 1.82) is 0 Å². The fourth-order valence-corrected chi connectivity index (χ4v) is 4.36. The maximum atomic E-state index is 12.2. The van der Waals surface area contributed by atoms with Gasteiger partial charge in [-0.15, -0.1) is 21.5 Å². The zero-order valence-electron chi connectivity index (χ0n) is 14.8. The zero-order chi connectivity index (χ0) is 19.2. The summed E-state index contributed by atoms with van der Waals surface area (Å²) in [5, 5.41) is 12.0. The van der Waals surface area contributed by atoms with Gasteiger partial charge in [0.15, 0.2) is 10.3 Å². The lowest BCUT2D eigenvalue weighted by atomic mass is 10.3. The molecule has 0 saturated carbocycles.